The van der Waals surface area contributed by atoms with Gasteiger partial charge in [0.05, 0.1) is 19.1 Å². The smallest absolute Gasteiger partial charge is 0.225 e. The third kappa shape index (κ3) is 4.97. The van der Waals surface area contributed by atoms with E-state index < -0.39 is 0 Å². The zero-order valence-electron chi connectivity index (χ0n) is 13.0. The van der Waals surface area contributed by atoms with Crippen molar-refractivity contribution >= 4 is 11.8 Å². The summed E-state index contributed by atoms with van der Waals surface area (Å²) in [6.07, 6.45) is 2.45. The number of amides is 2. The summed E-state index contributed by atoms with van der Waals surface area (Å²) < 4.78 is 5.29. The van der Waals surface area contributed by atoms with Crippen LogP contribution in [-0.4, -0.2) is 74.1 Å². The van der Waals surface area contributed by atoms with Crippen LogP contribution >= 0.6 is 0 Å². The molecule has 2 fully saturated rings. The van der Waals surface area contributed by atoms with Gasteiger partial charge in [0.2, 0.25) is 11.8 Å². The van der Waals surface area contributed by atoms with Crippen molar-refractivity contribution in [3.8, 4) is 0 Å². The number of rotatable bonds is 7. The summed E-state index contributed by atoms with van der Waals surface area (Å²) in [5.74, 6) is -0.0218. The fourth-order valence-corrected chi connectivity index (χ4v) is 2.82. The van der Waals surface area contributed by atoms with E-state index in [1.165, 1.54) is 0 Å². The molecular weight excluding hydrogens is 270 g/mol. The van der Waals surface area contributed by atoms with Crippen LogP contribution in [0.15, 0.2) is 0 Å². The molecule has 2 heterocycles. The third-order valence-electron chi connectivity index (χ3n) is 4.20. The Labute approximate surface area is 126 Å². The Bertz CT molecular complexity index is 356. The van der Waals surface area contributed by atoms with E-state index in [1.807, 2.05) is 4.90 Å². The first-order valence-electron chi connectivity index (χ1n) is 8.06. The van der Waals surface area contributed by atoms with Crippen LogP contribution in [0.2, 0.25) is 0 Å². The fraction of sp³-hybridized carbons (Fsp3) is 0.867. The van der Waals surface area contributed by atoms with Crippen molar-refractivity contribution in [1.82, 2.24) is 15.1 Å². The zero-order valence-corrected chi connectivity index (χ0v) is 13.0. The molecule has 0 bridgehead atoms. The normalized spacial score (nSPS) is 23.6. The lowest BCUT2D eigenvalue weighted by Crippen LogP contribution is -2.42. The van der Waals surface area contributed by atoms with Gasteiger partial charge in [-0.25, -0.2) is 0 Å². The Morgan fingerprint density at radius 2 is 2.10 bits per heavy atom. The second-order valence-electron chi connectivity index (χ2n) is 5.84. The van der Waals surface area contributed by atoms with E-state index in [9.17, 15) is 9.59 Å². The van der Waals surface area contributed by atoms with Crippen molar-refractivity contribution in [3.05, 3.63) is 0 Å². The molecule has 0 unspecified atom stereocenters. The molecular formula is C15H27N3O3. The number of carbonyl (C=O) groups is 2. The Kier molecular flexibility index (Phi) is 6.45. The minimum Gasteiger partial charge on any atom is -0.379 e. The van der Waals surface area contributed by atoms with E-state index in [-0.39, 0.29) is 17.7 Å². The Morgan fingerprint density at radius 1 is 1.33 bits per heavy atom. The first kappa shape index (κ1) is 16.2. The molecule has 1 atom stereocenters. The Morgan fingerprint density at radius 3 is 2.81 bits per heavy atom. The van der Waals surface area contributed by atoms with E-state index in [1.54, 1.807) is 0 Å². The highest BCUT2D eigenvalue weighted by Crippen LogP contribution is 2.18. The average Bonchev–Trinajstić information content (AvgIpc) is 2.87. The van der Waals surface area contributed by atoms with Crippen molar-refractivity contribution in [2.24, 2.45) is 5.92 Å². The van der Waals surface area contributed by atoms with Crippen molar-refractivity contribution in [1.29, 1.82) is 0 Å². The maximum absolute atomic E-state index is 12.1. The highest BCUT2D eigenvalue weighted by atomic mass is 16.5. The van der Waals surface area contributed by atoms with Crippen LogP contribution < -0.4 is 5.32 Å². The van der Waals surface area contributed by atoms with Gasteiger partial charge in [-0.05, 0) is 6.42 Å². The van der Waals surface area contributed by atoms with Gasteiger partial charge < -0.3 is 15.0 Å². The van der Waals surface area contributed by atoms with E-state index >= 15 is 0 Å². The van der Waals surface area contributed by atoms with E-state index in [0.29, 0.717) is 19.5 Å². The number of nitrogens with zero attached hydrogens (tertiary/aromatic N) is 2. The Balaban J connectivity index is 1.65. The number of nitrogens with one attached hydrogen (secondary N) is 1. The summed E-state index contributed by atoms with van der Waals surface area (Å²) >= 11 is 0. The van der Waals surface area contributed by atoms with Crippen LogP contribution in [0.5, 0.6) is 0 Å². The van der Waals surface area contributed by atoms with Crippen molar-refractivity contribution in [2.45, 2.75) is 26.2 Å². The lowest BCUT2D eigenvalue weighted by atomic mass is 10.1. The van der Waals surface area contributed by atoms with Crippen LogP contribution in [-0.2, 0) is 14.3 Å². The third-order valence-corrected chi connectivity index (χ3v) is 4.20. The van der Waals surface area contributed by atoms with Crippen LogP contribution in [0.4, 0.5) is 0 Å². The van der Waals surface area contributed by atoms with Crippen molar-refractivity contribution in [3.63, 3.8) is 0 Å². The predicted octanol–water partition coefficient (Wildman–Crippen LogP) is 0.0834. The second kappa shape index (κ2) is 8.34. The quantitative estimate of drug-likeness (QED) is 0.723. The van der Waals surface area contributed by atoms with Crippen LogP contribution in [0.3, 0.4) is 0 Å². The van der Waals surface area contributed by atoms with E-state index in [0.717, 1.165) is 52.2 Å². The van der Waals surface area contributed by atoms with Crippen LogP contribution in [0.25, 0.3) is 0 Å². The SMILES string of the molecule is CCCCN1C[C@@H](C(=O)NCCN2CCOCC2)CC1=O. The summed E-state index contributed by atoms with van der Waals surface area (Å²) in [5, 5.41) is 2.97. The summed E-state index contributed by atoms with van der Waals surface area (Å²) in [4.78, 5) is 28.1. The molecule has 6 heteroatoms. The molecule has 2 aliphatic heterocycles. The van der Waals surface area contributed by atoms with Gasteiger partial charge in [0.15, 0.2) is 0 Å². The minimum atomic E-state index is -0.168. The van der Waals surface area contributed by atoms with Gasteiger partial charge in [-0.1, -0.05) is 13.3 Å². The lowest BCUT2D eigenvalue weighted by Gasteiger charge is -2.26. The fourth-order valence-electron chi connectivity index (χ4n) is 2.82. The van der Waals surface area contributed by atoms with Crippen LogP contribution in [0, 0.1) is 5.92 Å². The molecule has 2 aliphatic rings. The molecule has 2 amide bonds. The van der Waals surface area contributed by atoms with Crippen molar-refractivity contribution < 1.29 is 14.3 Å². The molecule has 2 rings (SSSR count). The molecule has 0 spiro atoms. The standard InChI is InChI=1S/C15H27N3O3/c1-2-3-5-18-12-13(11-14(18)19)15(20)16-4-6-17-7-9-21-10-8-17/h13H,2-12H2,1H3,(H,16,20)/t13-/m0/s1. The minimum absolute atomic E-state index is 0.0237. The van der Waals surface area contributed by atoms with Gasteiger partial charge in [-0.3, -0.25) is 14.5 Å². The lowest BCUT2D eigenvalue weighted by molar-refractivity contribution is -0.129. The van der Waals surface area contributed by atoms with Gasteiger partial charge in [-0.2, -0.15) is 0 Å². The molecule has 6 nitrogen and oxygen atoms in total. The number of ether oxygens (including phenoxy) is 1. The molecule has 1 N–H and O–H groups in total. The van der Waals surface area contributed by atoms with Gasteiger partial charge in [-0.15, -0.1) is 0 Å². The molecule has 0 aromatic heterocycles. The first-order chi connectivity index (χ1) is 10.2. The topological polar surface area (TPSA) is 61.9 Å². The maximum atomic E-state index is 12.1. The van der Waals surface area contributed by atoms with E-state index in [2.05, 4.69) is 17.1 Å². The van der Waals surface area contributed by atoms with Gasteiger partial charge >= 0.3 is 0 Å². The summed E-state index contributed by atoms with van der Waals surface area (Å²) in [6.45, 7) is 8.40. The van der Waals surface area contributed by atoms with Gasteiger partial charge in [0, 0.05) is 45.7 Å². The predicted molar refractivity (Wildman–Crippen MR) is 79.9 cm³/mol. The molecule has 0 saturated carbocycles. The molecule has 2 saturated heterocycles. The summed E-state index contributed by atoms with van der Waals surface area (Å²) in [6, 6.07) is 0. The highest BCUT2D eigenvalue weighted by molar-refractivity contribution is 5.89. The van der Waals surface area contributed by atoms with Gasteiger partial charge in [0.1, 0.15) is 0 Å². The number of unbranched alkanes of at least 4 members (excludes halogenated alkanes) is 1. The monoisotopic (exact) mass is 297 g/mol. The molecule has 0 aromatic carbocycles. The summed E-state index contributed by atoms with van der Waals surface area (Å²) in [7, 11) is 0. The summed E-state index contributed by atoms with van der Waals surface area (Å²) in [5.41, 5.74) is 0. The number of carbonyl (C=O) groups excluding carboxylic acids is 2. The molecule has 0 aliphatic carbocycles. The number of morpholine rings is 1. The largest absolute Gasteiger partial charge is 0.379 e. The molecule has 21 heavy (non-hydrogen) atoms. The highest BCUT2D eigenvalue weighted by Gasteiger charge is 2.33. The zero-order chi connectivity index (χ0) is 15.1. The first-order valence-corrected chi connectivity index (χ1v) is 8.06. The average molecular weight is 297 g/mol. The maximum Gasteiger partial charge on any atom is 0.225 e. The number of likely N-dealkylation sites (tertiary alicyclic amines) is 1. The van der Waals surface area contributed by atoms with Crippen LogP contribution in [0.1, 0.15) is 26.2 Å². The van der Waals surface area contributed by atoms with E-state index in [4.69, 9.17) is 4.74 Å². The number of hydrogen-bond donors (Lipinski definition) is 1. The molecule has 0 radical (unpaired) electrons. The second-order valence-corrected chi connectivity index (χ2v) is 5.84. The van der Waals surface area contributed by atoms with Gasteiger partial charge in [0.25, 0.3) is 0 Å². The molecule has 0 aromatic rings. The van der Waals surface area contributed by atoms with Crippen molar-refractivity contribution in [2.75, 3.05) is 52.5 Å². The number of hydrogen-bond acceptors (Lipinski definition) is 4. The Hall–Kier alpha value is -1.14. The molecule has 120 valence electrons.